The highest BCUT2D eigenvalue weighted by Crippen LogP contribution is 2.45. The number of carbonyl (C=O) groups excluding carboxylic acids is 3. The molecule has 2 aromatic heterocycles. The third kappa shape index (κ3) is 9.74. The molecule has 7 rings (SSSR count). The van der Waals surface area contributed by atoms with Crippen LogP contribution in [0.2, 0.25) is 0 Å². The number of nitriles is 1. The molecule has 0 spiro atoms. The van der Waals surface area contributed by atoms with Gasteiger partial charge in [0.15, 0.2) is 29.3 Å². The SMILES string of the molecule is COc1ccc(C(N[C@@H]2[C@H](O[P+](=O)OCCC#N)[C@@H](COC(=O)CCC(C)=O)O[C@H]2n2cnc3c(NC(=O)c4ccccc4)ncnc32)(c2ccccc2)c2ccccc2)cc1. The van der Waals surface area contributed by atoms with Gasteiger partial charge in [-0.2, -0.15) is 5.26 Å². The Morgan fingerprint density at radius 1 is 0.871 bits per heavy atom. The van der Waals surface area contributed by atoms with Crippen molar-refractivity contribution in [2.75, 3.05) is 25.6 Å². The number of hydrogen-bond acceptors (Lipinski definition) is 14. The number of methoxy groups -OCH3 is 1. The van der Waals surface area contributed by atoms with E-state index in [1.807, 2.05) is 91.0 Å². The number of hydrogen-bond donors (Lipinski definition) is 2. The second kappa shape index (κ2) is 20.2. The number of esters is 1. The molecule has 0 radical (unpaired) electrons. The molecule has 1 amide bonds. The van der Waals surface area contributed by atoms with Gasteiger partial charge in [-0.05, 0) is 47.9 Å². The molecule has 17 heteroatoms. The lowest BCUT2D eigenvalue weighted by Crippen LogP contribution is -2.55. The van der Waals surface area contributed by atoms with Crippen molar-refractivity contribution in [3.05, 3.63) is 150 Å². The molecule has 1 saturated heterocycles. The fourth-order valence-electron chi connectivity index (χ4n) is 7.33. The largest absolute Gasteiger partial charge is 0.697 e. The van der Waals surface area contributed by atoms with Crippen molar-refractivity contribution in [3.63, 3.8) is 0 Å². The zero-order valence-electron chi connectivity index (χ0n) is 33.8. The minimum atomic E-state index is -2.88. The van der Waals surface area contributed by atoms with Crippen LogP contribution in [0.3, 0.4) is 0 Å². The van der Waals surface area contributed by atoms with Crippen molar-refractivity contribution in [3.8, 4) is 11.8 Å². The molecule has 62 heavy (non-hydrogen) atoms. The van der Waals surface area contributed by atoms with E-state index in [0.717, 1.165) is 16.7 Å². The van der Waals surface area contributed by atoms with E-state index in [0.29, 0.717) is 11.3 Å². The van der Waals surface area contributed by atoms with Gasteiger partial charge in [-0.1, -0.05) is 91.0 Å². The van der Waals surface area contributed by atoms with Gasteiger partial charge in [0.2, 0.25) is 0 Å². The number of nitrogens with zero attached hydrogens (tertiary/aromatic N) is 5. The van der Waals surface area contributed by atoms with Gasteiger partial charge in [0.05, 0.1) is 43.9 Å². The smallest absolute Gasteiger partial charge is 0.497 e. The summed E-state index contributed by atoms with van der Waals surface area (Å²) in [6.07, 6.45) is -0.826. The first-order valence-electron chi connectivity index (χ1n) is 19.7. The number of nitrogens with one attached hydrogen (secondary N) is 2. The van der Waals surface area contributed by atoms with Gasteiger partial charge in [-0.15, -0.1) is 9.05 Å². The monoisotopic (exact) mass is 856 g/mol. The van der Waals surface area contributed by atoms with Gasteiger partial charge in [-0.3, -0.25) is 19.5 Å². The normalized spacial score (nSPS) is 17.5. The van der Waals surface area contributed by atoms with Gasteiger partial charge in [0.1, 0.15) is 37.2 Å². The Kier molecular flexibility index (Phi) is 14.1. The first-order chi connectivity index (χ1) is 30.2. The summed E-state index contributed by atoms with van der Waals surface area (Å²) in [6, 6.07) is 36.6. The van der Waals surface area contributed by atoms with Crippen LogP contribution >= 0.6 is 8.25 Å². The maximum Gasteiger partial charge on any atom is 0.697 e. The van der Waals surface area contributed by atoms with Gasteiger partial charge >= 0.3 is 14.2 Å². The van der Waals surface area contributed by atoms with E-state index in [1.54, 1.807) is 42.0 Å². The summed E-state index contributed by atoms with van der Waals surface area (Å²) in [5.74, 6) is -0.465. The van der Waals surface area contributed by atoms with E-state index in [-0.39, 0.29) is 55.2 Å². The molecule has 1 fully saturated rings. The van der Waals surface area contributed by atoms with Crippen molar-refractivity contribution in [1.29, 1.82) is 5.26 Å². The van der Waals surface area contributed by atoms with Crippen molar-refractivity contribution in [2.24, 2.45) is 0 Å². The standard InChI is InChI=1S/C45H42N7O9P/c1-30(53)19-24-37(54)58-27-36-40(61-62(56)59-26-12-25-46)38(44(60-36)52-29-49-39-41(47-28-48-42(39)52)50-43(55)31-13-6-3-7-14-31)51-45(32-15-8-4-9-16-32,33-17-10-5-11-18-33)34-20-22-35(57-2)23-21-34/h3-11,13-18,20-23,28-29,36,38,40,44,51H,12,19,24,26-27H2,1-2H3/p+1/t36-,38-,40-,44-/m1/s1. The summed E-state index contributed by atoms with van der Waals surface area (Å²) >= 11 is 0. The highest BCUT2D eigenvalue weighted by atomic mass is 31.1. The quantitative estimate of drug-likeness (QED) is 0.0371. The van der Waals surface area contributed by atoms with E-state index in [9.17, 15) is 24.2 Å². The van der Waals surface area contributed by atoms with Crippen LogP contribution in [-0.2, 0) is 38.2 Å². The van der Waals surface area contributed by atoms with Crippen LogP contribution in [0, 0.1) is 11.3 Å². The molecule has 2 N–H and O–H groups in total. The fourth-order valence-corrected chi connectivity index (χ4v) is 8.10. The zero-order chi connectivity index (χ0) is 43.5. The number of ether oxygens (including phenoxy) is 3. The molecule has 0 bridgehead atoms. The summed E-state index contributed by atoms with van der Waals surface area (Å²) in [5, 5.41) is 15.9. The molecule has 5 atom stereocenters. The topological polar surface area (TPSA) is 206 Å². The summed E-state index contributed by atoms with van der Waals surface area (Å²) in [5.41, 5.74) is 2.13. The molecule has 3 heterocycles. The van der Waals surface area contributed by atoms with Crippen molar-refractivity contribution < 1.29 is 42.2 Å². The van der Waals surface area contributed by atoms with E-state index < -0.39 is 50.1 Å². The molecule has 1 aliphatic heterocycles. The number of anilines is 1. The molecular formula is C45H43N7O9P+. The highest BCUT2D eigenvalue weighted by molar-refractivity contribution is 7.33. The van der Waals surface area contributed by atoms with E-state index >= 15 is 0 Å². The van der Waals surface area contributed by atoms with Crippen LogP contribution < -0.4 is 15.4 Å². The summed E-state index contributed by atoms with van der Waals surface area (Å²) in [4.78, 5) is 51.5. The third-order valence-electron chi connectivity index (χ3n) is 10.3. The first kappa shape index (κ1) is 43.4. The Morgan fingerprint density at radius 2 is 1.52 bits per heavy atom. The predicted octanol–water partition coefficient (Wildman–Crippen LogP) is 6.82. The summed E-state index contributed by atoms with van der Waals surface area (Å²) in [6.45, 7) is 0.840. The molecule has 16 nitrogen and oxygen atoms in total. The molecule has 0 saturated carbocycles. The number of imidazole rings is 1. The van der Waals surface area contributed by atoms with E-state index in [4.69, 9.17) is 23.3 Å². The Labute approximate surface area is 358 Å². The fraction of sp³-hybridized carbons (Fsp3) is 0.267. The number of ketones is 1. The molecular weight excluding hydrogens is 814 g/mol. The van der Waals surface area contributed by atoms with Crippen molar-refractivity contribution in [1.82, 2.24) is 24.8 Å². The summed E-state index contributed by atoms with van der Waals surface area (Å²) < 4.78 is 45.1. The lowest BCUT2D eigenvalue weighted by Gasteiger charge is -2.41. The van der Waals surface area contributed by atoms with E-state index in [2.05, 4.69) is 25.6 Å². The van der Waals surface area contributed by atoms with Gasteiger partial charge in [-0.25, -0.2) is 15.0 Å². The van der Waals surface area contributed by atoms with Gasteiger partial charge in [0, 0.05) is 16.5 Å². The van der Waals surface area contributed by atoms with Crippen molar-refractivity contribution in [2.45, 2.75) is 56.2 Å². The average molecular weight is 857 g/mol. The molecule has 1 aliphatic rings. The Morgan fingerprint density at radius 3 is 2.15 bits per heavy atom. The number of aromatic nitrogens is 4. The Balaban J connectivity index is 1.39. The van der Waals surface area contributed by atoms with Crippen LogP contribution in [0.4, 0.5) is 5.82 Å². The highest BCUT2D eigenvalue weighted by Gasteiger charge is 2.55. The molecule has 0 aliphatic carbocycles. The molecule has 4 aromatic carbocycles. The molecule has 6 aromatic rings. The number of Topliss-reactive ketones (excluding diaryl/α,β-unsaturated/α-hetero) is 1. The second-order valence-corrected chi connectivity index (χ2v) is 15.1. The number of benzene rings is 4. The predicted molar refractivity (Wildman–Crippen MR) is 226 cm³/mol. The second-order valence-electron chi connectivity index (χ2n) is 14.2. The molecule has 1 unspecified atom stereocenters. The minimum absolute atomic E-state index is 0.0158. The maximum atomic E-state index is 13.7. The number of amides is 1. The number of rotatable bonds is 19. The van der Waals surface area contributed by atoms with Crippen LogP contribution in [0.5, 0.6) is 5.75 Å². The first-order valence-corrected chi connectivity index (χ1v) is 20.8. The van der Waals surface area contributed by atoms with E-state index in [1.165, 1.54) is 19.6 Å². The van der Waals surface area contributed by atoms with Crippen LogP contribution in [0.25, 0.3) is 11.2 Å². The Hall–Kier alpha value is -6.73. The lowest BCUT2D eigenvalue weighted by atomic mass is 9.76. The van der Waals surface area contributed by atoms with Crippen LogP contribution in [0.1, 0.15) is 59.5 Å². The average Bonchev–Trinajstić information content (AvgIpc) is 3.88. The maximum absolute atomic E-state index is 13.7. The number of carbonyl (C=O) groups is 3. The third-order valence-corrected chi connectivity index (χ3v) is 11.1. The van der Waals surface area contributed by atoms with Gasteiger partial charge < -0.3 is 24.3 Å². The minimum Gasteiger partial charge on any atom is -0.497 e. The summed E-state index contributed by atoms with van der Waals surface area (Å²) in [7, 11) is -1.29. The zero-order valence-corrected chi connectivity index (χ0v) is 34.7. The molecule has 316 valence electrons. The van der Waals surface area contributed by atoms with Crippen LogP contribution in [-0.4, -0.2) is 75.8 Å². The van der Waals surface area contributed by atoms with Crippen LogP contribution in [0.15, 0.2) is 128 Å². The number of fused-ring (bicyclic) bond motifs is 1. The van der Waals surface area contributed by atoms with Crippen molar-refractivity contribution >= 4 is 42.9 Å². The van der Waals surface area contributed by atoms with Gasteiger partial charge in [0.25, 0.3) is 5.91 Å². The lowest BCUT2D eigenvalue weighted by molar-refractivity contribution is -0.150. The Bertz CT molecular complexity index is 2500.